The highest BCUT2D eigenvalue weighted by Crippen LogP contribution is 2.40. The van der Waals surface area contributed by atoms with Crippen molar-refractivity contribution in [3.8, 4) is 11.5 Å². The molecule has 1 atom stereocenters. The van der Waals surface area contributed by atoms with Crippen molar-refractivity contribution < 1.29 is 14.6 Å². The largest absolute Gasteiger partial charge is 0.504 e. The number of aldehydes is 1. The summed E-state index contributed by atoms with van der Waals surface area (Å²) < 4.78 is 5.09. The first kappa shape index (κ1) is 11.7. The van der Waals surface area contributed by atoms with Crippen molar-refractivity contribution in [3.63, 3.8) is 0 Å². The summed E-state index contributed by atoms with van der Waals surface area (Å²) in [5.41, 5.74) is 1.23. The summed E-state index contributed by atoms with van der Waals surface area (Å²) >= 11 is 0. The van der Waals surface area contributed by atoms with Crippen LogP contribution < -0.4 is 4.74 Å². The van der Waals surface area contributed by atoms with E-state index >= 15 is 0 Å². The topological polar surface area (TPSA) is 46.5 Å². The average molecular weight is 232 g/mol. The maximum Gasteiger partial charge on any atom is 0.162 e. The second kappa shape index (κ2) is 5.04. The Morgan fingerprint density at radius 2 is 2.29 bits per heavy atom. The van der Waals surface area contributed by atoms with Crippen molar-refractivity contribution in [2.45, 2.75) is 25.2 Å². The molecule has 0 radical (unpaired) electrons. The third-order valence-corrected chi connectivity index (χ3v) is 3.19. The molecule has 0 amide bonds. The minimum atomic E-state index is 0.0913. The molecule has 0 aliphatic heterocycles. The Balaban J connectivity index is 2.51. The number of carbonyl (C=O) groups excluding carboxylic acids is 1. The van der Waals surface area contributed by atoms with Crippen LogP contribution in [0.1, 0.15) is 41.1 Å². The van der Waals surface area contributed by atoms with Crippen LogP contribution in [0.3, 0.4) is 0 Å². The molecule has 1 aliphatic rings. The Morgan fingerprint density at radius 1 is 1.47 bits per heavy atom. The van der Waals surface area contributed by atoms with Gasteiger partial charge in [-0.15, -0.1) is 0 Å². The summed E-state index contributed by atoms with van der Waals surface area (Å²) in [5.74, 6) is 0.622. The number of benzene rings is 1. The molecule has 1 N–H and O–H groups in total. The lowest BCUT2D eigenvalue weighted by atomic mass is 9.86. The Bertz CT molecular complexity index is 449. The Morgan fingerprint density at radius 3 is 2.88 bits per heavy atom. The van der Waals surface area contributed by atoms with Gasteiger partial charge in [-0.3, -0.25) is 4.79 Å². The average Bonchev–Trinajstić information content (AvgIpc) is 2.39. The van der Waals surface area contributed by atoms with E-state index in [0.717, 1.165) is 25.5 Å². The highest BCUT2D eigenvalue weighted by atomic mass is 16.5. The van der Waals surface area contributed by atoms with Gasteiger partial charge in [0, 0.05) is 17.0 Å². The van der Waals surface area contributed by atoms with Crippen molar-refractivity contribution in [2.24, 2.45) is 0 Å². The Kier molecular flexibility index (Phi) is 3.47. The van der Waals surface area contributed by atoms with Crippen LogP contribution in [0.5, 0.6) is 11.5 Å². The minimum absolute atomic E-state index is 0.0913. The van der Waals surface area contributed by atoms with Gasteiger partial charge in [-0.05, 0) is 31.4 Å². The summed E-state index contributed by atoms with van der Waals surface area (Å²) in [7, 11) is 1.51. The number of allylic oxidation sites excluding steroid dienone is 2. The molecule has 2 rings (SSSR count). The van der Waals surface area contributed by atoms with Gasteiger partial charge in [-0.2, -0.15) is 0 Å². The molecule has 0 saturated heterocycles. The molecule has 1 aromatic carbocycles. The molecule has 1 unspecified atom stereocenters. The fourth-order valence-electron chi connectivity index (χ4n) is 2.31. The Hall–Kier alpha value is -1.77. The van der Waals surface area contributed by atoms with Gasteiger partial charge in [0.25, 0.3) is 0 Å². The molecular weight excluding hydrogens is 216 g/mol. The SMILES string of the molecule is COc1ccc(C=O)c(C2C=CCCC2)c1O. The molecule has 3 heteroatoms. The first-order chi connectivity index (χ1) is 8.27. The van der Waals surface area contributed by atoms with E-state index in [4.69, 9.17) is 4.74 Å². The molecule has 3 nitrogen and oxygen atoms in total. The van der Waals surface area contributed by atoms with Crippen molar-refractivity contribution in [2.75, 3.05) is 7.11 Å². The van der Waals surface area contributed by atoms with Crippen molar-refractivity contribution in [1.82, 2.24) is 0 Å². The lowest BCUT2D eigenvalue weighted by Gasteiger charge is -2.20. The fourth-order valence-corrected chi connectivity index (χ4v) is 2.31. The second-order valence-electron chi connectivity index (χ2n) is 4.20. The van der Waals surface area contributed by atoms with Crippen molar-refractivity contribution >= 4 is 6.29 Å². The van der Waals surface area contributed by atoms with Crippen LogP contribution in [0.4, 0.5) is 0 Å². The van der Waals surface area contributed by atoms with E-state index < -0.39 is 0 Å². The van der Waals surface area contributed by atoms with Gasteiger partial charge in [0.15, 0.2) is 11.5 Å². The second-order valence-corrected chi connectivity index (χ2v) is 4.20. The van der Waals surface area contributed by atoms with Gasteiger partial charge in [0.05, 0.1) is 7.11 Å². The third-order valence-electron chi connectivity index (χ3n) is 3.19. The number of rotatable bonds is 3. The van der Waals surface area contributed by atoms with Crippen LogP contribution in [0.25, 0.3) is 0 Å². The van der Waals surface area contributed by atoms with E-state index in [9.17, 15) is 9.90 Å². The minimum Gasteiger partial charge on any atom is -0.504 e. The number of phenols is 1. The molecule has 17 heavy (non-hydrogen) atoms. The fraction of sp³-hybridized carbons (Fsp3) is 0.357. The van der Waals surface area contributed by atoms with Gasteiger partial charge in [0.1, 0.15) is 6.29 Å². The molecule has 0 spiro atoms. The van der Waals surface area contributed by atoms with E-state index in [1.807, 2.05) is 0 Å². The van der Waals surface area contributed by atoms with Gasteiger partial charge >= 0.3 is 0 Å². The first-order valence-corrected chi connectivity index (χ1v) is 5.79. The third kappa shape index (κ3) is 2.18. The molecule has 90 valence electrons. The standard InChI is InChI=1S/C14H16O3/c1-17-12-8-7-11(9-15)13(14(12)16)10-5-3-2-4-6-10/h3,5,7-10,16H,2,4,6H2,1H3. The molecule has 0 aromatic heterocycles. The molecule has 1 aromatic rings. The van der Waals surface area contributed by atoms with Crippen LogP contribution in [-0.4, -0.2) is 18.5 Å². The summed E-state index contributed by atoms with van der Waals surface area (Å²) in [5, 5.41) is 10.1. The maximum atomic E-state index is 11.0. The zero-order chi connectivity index (χ0) is 12.3. The van der Waals surface area contributed by atoms with Crippen LogP contribution in [0.2, 0.25) is 0 Å². The van der Waals surface area contributed by atoms with Crippen LogP contribution in [0, 0.1) is 0 Å². The zero-order valence-corrected chi connectivity index (χ0v) is 9.85. The lowest BCUT2D eigenvalue weighted by Crippen LogP contribution is -2.04. The number of carbonyl (C=O) groups is 1. The van der Waals surface area contributed by atoms with E-state index in [-0.39, 0.29) is 11.7 Å². The van der Waals surface area contributed by atoms with Gasteiger partial charge in [-0.1, -0.05) is 12.2 Å². The molecule has 1 aliphatic carbocycles. The highest BCUT2D eigenvalue weighted by molar-refractivity contribution is 5.80. The predicted octanol–water partition coefficient (Wildman–Crippen LogP) is 3.04. The van der Waals surface area contributed by atoms with Crippen LogP contribution >= 0.6 is 0 Å². The van der Waals surface area contributed by atoms with E-state index in [1.54, 1.807) is 12.1 Å². The van der Waals surface area contributed by atoms with Gasteiger partial charge in [-0.25, -0.2) is 0 Å². The molecule has 0 fully saturated rings. The number of hydrogen-bond acceptors (Lipinski definition) is 3. The number of ether oxygens (including phenoxy) is 1. The summed E-state index contributed by atoms with van der Waals surface area (Å²) in [6.07, 6.45) is 8.05. The van der Waals surface area contributed by atoms with E-state index in [0.29, 0.717) is 16.9 Å². The number of hydrogen-bond donors (Lipinski definition) is 1. The number of phenolic OH excluding ortho intramolecular Hbond substituents is 1. The van der Waals surface area contributed by atoms with Crippen molar-refractivity contribution in [3.05, 3.63) is 35.4 Å². The quantitative estimate of drug-likeness (QED) is 0.643. The smallest absolute Gasteiger partial charge is 0.162 e. The molecule has 0 bridgehead atoms. The maximum absolute atomic E-state index is 11.0. The van der Waals surface area contributed by atoms with Gasteiger partial charge in [0.2, 0.25) is 0 Å². The summed E-state index contributed by atoms with van der Waals surface area (Å²) in [6.45, 7) is 0. The lowest BCUT2D eigenvalue weighted by molar-refractivity contribution is 0.112. The van der Waals surface area contributed by atoms with Gasteiger partial charge < -0.3 is 9.84 Å². The summed E-state index contributed by atoms with van der Waals surface area (Å²) in [4.78, 5) is 11.0. The van der Waals surface area contributed by atoms with E-state index in [2.05, 4.69) is 12.2 Å². The number of methoxy groups -OCH3 is 1. The first-order valence-electron chi connectivity index (χ1n) is 5.79. The van der Waals surface area contributed by atoms with E-state index in [1.165, 1.54) is 7.11 Å². The molecule has 0 saturated carbocycles. The highest BCUT2D eigenvalue weighted by Gasteiger charge is 2.21. The normalized spacial score (nSPS) is 19.0. The van der Waals surface area contributed by atoms with Crippen LogP contribution in [0.15, 0.2) is 24.3 Å². The van der Waals surface area contributed by atoms with Crippen molar-refractivity contribution in [1.29, 1.82) is 0 Å². The summed E-state index contributed by atoms with van der Waals surface area (Å²) in [6, 6.07) is 3.32. The monoisotopic (exact) mass is 232 g/mol. The molecule has 0 heterocycles. The predicted molar refractivity (Wildman–Crippen MR) is 65.8 cm³/mol. The number of aromatic hydroxyl groups is 1. The zero-order valence-electron chi connectivity index (χ0n) is 9.85. The molecular formula is C14H16O3. The van der Waals surface area contributed by atoms with Crippen LogP contribution in [-0.2, 0) is 0 Å². The Labute approximate surface area is 101 Å².